The van der Waals surface area contributed by atoms with Crippen molar-refractivity contribution in [1.82, 2.24) is 4.90 Å². The summed E-state index contributed by atoms with van der Waals surface area (Å²) in [6.45, 7) is 1.70. The van der Waals surface area contributed by atoms with Gasteiger partial charge < -0.3 is 10.5 Å². The van der Waals surface area contributed by atoms with Crippen LogP contribution in [0.15, 0.2) is 24.3 Å². The second-order valence-electron chi connectivity index (χ2n) is 5.13. The molecular weight excluding hydrogens is 288 g/mol. The molecule has 0 saturated carbocycles. The molecule has 0 aliphatic carbocycles. The Kier molecular flexibility index (Phi) is 6.13. The minimum absolute atomic E-state index is 0.523. The van der Waals surface area contributed by atoms with Crippen molar-refractivity contribution >= 4 is 29.0 Å². The Labute approximate surface area is 130 Å². The molecule has 5 heteroatoms. The molecule has 2 N–H and O–H groups in total. The van der Waals surface area contributed by atoms with Crippen LogP contribution in [0, 0.1) is 0 Å². The van der Waals surface area contributed by atoms with Gasteiger partial charge >= 0.3 is 0 Å². The summed E-state index contributed by atoms with van der Waals surface area (Å²) in [4.78, 5) is 2.93. The topological polar surface area (TPSA) is 38.5 Å². The van der Waals surface area contributed by atoms with Gasteiger partial charge in [0, 0.05) is 24.8 Å². The minimum Gasteiger partial charge on any atom is -0.492 e. The molecule has 1 saturated heterocycles. The molecule has 1 aromatic rings. The number of nitrogens with two attached hydrogens (primary N) is 1. The van der Waals surface area contributed by atoms with Crippen molar-refractivity contribution in [3.63, 3.8) is 0 Å². The third-order valence-electron chi connectivity index (χ3n) is 3.54. The molecule has 1 aliphatic rings. The summed E-state index contributed by atoms with van der Waals surface area (Å²) in [6.07, 6.45) is 1.95. The summed E-state index contributed by atoms with van der Waals surface area (Å²) in [5, 5.41) is 0. The Morgan fingerprint density at radius 3 is 2.80 bits per heavy atom. The van der Waals surface area contributed by atoms with E-state index in [0.29, 0.717) is 11.4 Å². The van der Waals surface area contributed by atoms with Crippen LogP contribution < -0.4 is 10.5 Å². The van der Waals surface area contributed by atoms with Crippen molar-refractivity contribution in [3.8, 4) is 5.75 Å². The molecule has 0 aromatic heterocycles. The van der Waals surface area contributed by atoms with E-state index >= 15 is 0 Å². The van der Waals surface area contributed by atoms with Gasteiger partial charge in [-0.1, -0.05) is 24.4 Å². The van der Waals surface area contributed by atoms with Crippen LogP contribution in [0.25, 0.3) is 0 Å². The lowest BCUT2D eigenvalue weighted by Crippen LogP contribution is -2.34. The summed E-state index contributed by atoms with van der Waals surface area (Å²) in [6, 6.07) is 8.73. The number of hydrogen-bond acceptors (Lipinski definition) is 4. The molecule has 1 atom stereocenters. The zero-order chi connectivity index (χ0) is 14.4. The monoisotopic (exact) mass is 310 g/mol. The Hall–Kier alpha value is -0.780. The fourth-order valence-corrected chi connectivity index (χ4v) is 3.73. The maximum absolute atomic E-state index is 5.78. The second-order valence-corrected chi connectivity index (χ2v) is 6.81. The molecule has 1 unspecified atom stereocenters. The summed E-state index contributed by atoms with van der Waals surface area (Å²) >= 11 is 6.94. The normalized spacial score (nSPS) is 18.4. The highest BCUT2D eigenvalue weighted by atomic mass is 32.2. The maximum atomic E-state index is 5.78. The molecule has 1 aromatic carbocycles. The van der Waals surface area contributed by atoms with Crippen LogP contribution in [0.4, 0.5) is 0 Å². The average Bonchev–Trinajstić information content (AvgIpc) is 2.94. The van der Waals surface area contributed by atoms with Crippen molar-refractivity contribution < 1.29 is 4.74 Å². The van der Waals surface area contributed by atoms with Crippen LogP contribution in [-0.2, 0) is 6.42 Å². The lowest BCUT2D eigenvalue weighted by atomic mass is 10.1. The van der Waals surface area contributed by atoms with E-state index in [1.165, 1.54) is 17.9 Å². The quantitative estimate of drug-likeness (QED) is 0.783. The molecule has 20 heavy (non-hydrogen) atoms. The number of rotatable bonds is 7. The highest BCUT2D eigenvalue weighted by Crippen LogP contribution is 2.21. The Morgan fingerprint density at radius 1 is 1.45 bits per heavy atom. The molecule has 1 fully saturated rings. The predicted molar refractivity (Wildman–Crippen MR) is 90.8 cm³/mol. The Balaban J connectivity index is 1.72. The molecule has 3 nitrogen and oxygen atoms in total. The van der Waals surface area contributed by atoms with Gasteiger partial charge in [0.25, 0.3) is 0 Å². The van der Waals surface area contributed by atoms with E-state index in [1.54, 1.807) is 0 Å². The van der Waals surface area contributed by atoms with Gasteiger partial charge in [-0.15, -0.1) is 0 Å². The van der Waals surface area contributed by atoms with Gasteiger partial charge in [-0.25, -0.2) is 0 Å². The van der Waals surface area contributed by atoms with E-state index < -0.39 is 0 Å². The first kappa shape index (κ1) is 15.6. The van der Waals surface area contributed by atoms with Crippen molar-refractivity contribution in [2.75, 3.05) is 31.7 Å². The van der Waals surface area contributed by atoms with Crippen LogP contribution in [0.5, 0.6) is 5.75 Å². The third-order valence-corrected chi connectivity index (χ3v) is 4.83. The molecule has 0 bridgehead atoms. The van der Waals surface area contributed by atoms with Crippen LogP contribution in [0.3, 0.4) is 0 Å². The van der Waals surface area contributed by atoms with E-state index in [1.807, 2.05) is 36.0 Å². The van der Waals surface area contributed by atoms with Gasteiger partial charge in [-0.05, 0) is 36.9 Å². The first-order chi connectivity index (χ1) is 9.65. The fraction of sp³-hybridized carbons (Fsp3) is 0.533. The summed E-state index contributed by atoms with van der Waals surface area (Å²) in [5.74, 6) is 3.45. The van der Waals surface area contributed by atoms with Gasteiger partial charge in [-0.2, -0.15) is 11.8 Å². The van der Waals surface area contributed by atoms with E-state index in [9.17, 15) is 0 Å². The molecule has 1 heterocycles. The number of thiocarbonyl (C=S) groups is 1. The first-order valence-corrected chi connectivity index (χ1v) is 8.49. The Morgan fingerprint density at radius 2 is 2.20 bits per heavy atom. The van der Waals surface area contributed by atoms with Gasteiger partial charge in [0.1, 0.15) is 12.4 Å². The number of ether oxygens (including phenoxy) is 1. The summed E-state index contributed by atoms with van der Waals surface area (Å²) < 4.78 is 5.78. The van der Waals surface area contributed by atoms with E-state index in [0.717, 1.165) is 30.5 Å². The third kappa shape index (κ3) is 4.96. The molecular formula is C15H22N2OS2. The number of likely N-dealkylation sites (N-methyl/N-ethyl adjacent to an activating group) is 1. The second kappa shape index (κ2) is 7.86. The van der Waals surface area contributed by atoms with Crippen molar-refractivity contribution in [3.05, 3.63) is 29.8 Å². The fourth-order valence-electron chi connectivity index (χ4n) is 2.26. The molecule has 0 radical (unpaired) electrons. The van der Waals surface area contributed by atoms with E-state index in [4.69, 9.17) is 22.7 Å². The highest BCUT2D eigenvalue weighted by molar-refractivity contribution is 7.99. The van der Waals surface area contributed by atoms with Gasteiger partial charge in [0.05, 0.1) is 4.99 Å². The van der Waals surface area contributed by atoms with Crippen LogP contribution in [-0.4, -0.2) is 47.6 Å². The number of nitrogens with zero attached hydrogens (tertiary/aromatic N) is 1. The lowest BCUT2D eigenvalue weighted by Gasteiger charge is -2.23. The van der Waals surface area contributed by atoms with Gasteiger partial charge in [0.15, 0.2) is 0 Å². The van der Waals surface area contributed by atoms with E-state index in [-0.39, 0.29) is 0 Å². The number of benzene rings is 1. The molecule has 0 spiro atoms. The number of thioether (sulfide) groups is 1. The zero-order valence-electron chi connectivity index (χ0n) is 11.9. The van der Waals surface area contributed by atoms with Crippen LogP contribution >= 0.6 is 24.0 Å². The Bertz CT molecular complexity index is 430. The van der Waals surface area contributed by atoms with Crippen LogP contribution in [0.1, 0.15) is 12.0 Å². The average molecular weight is 310 g/mol. The number of hydrogen-bond donors (Lipinski definition) is 1. The summed E-state index contributed by atoms with van der Waals surface area (Å²) in [7, 11) is 2.19. The minimum atomic E-state index is 0.523. The predicted octanol–water partition coefficient (Wildman–Crippen LogP) is 2.33. The van der Waals surface area contributed by atoms with Gasteiger partial charge in [-0.3, -0.25) is 4.90 Å². The van der Waals surface area contributed by atoms with E-state index in [2.05, 4.69) is 11.9 Å². The molecule has 0 amide bonds. The first-order valence-electron chi connectivity index (χ1n) is 6.93. The lowest BCUT2D eigenvalue weighted by molar-refractivity contribution is 0.202. The highest BCUT2D eigenvalue weighted by Gasteiger charge is 2.19. The van der Waals surface area contributed by atoms with Gasteiger partial charge in [0.2, 0.25) is 0 Å². The van der Waals surface area contributed by atoms with Crippen molar-refractivity contribution in [1.29, 1.82) is 0 Å². The zero-order valence-corrected chi connectivity index (χ0v) is 13.5. The van der Waals surface area contributed by atoms with Crippen LogP contribution in [0.2, 0.25) is 0 Å². The molecule has 2 rings (SSSR count). The smallest absolute Gasteiger partial charge is 0.119 e. The summed E-state index contributed by atoms with van der Waals surface area (Å²) in [5.41, 5.74) is 6.66. The van der Waals surface area contributed by atoms with Crippen molar-refractivity contribution in [2.24, 2.45) is 5.73 Å². The molecule has 1 aliphatic heterocycles. The molecule has 110 valence electrons. The maximum Gasteiger partial charge on any atom is 0.119 e. The largest absolute Gasteiger partial charge is 0.492 e. The SMILES string of the molecule is CN(CCOc1ccc(CC(N)=S)cc1)C1CCSC1. The standard InChI is InChI=1S/C15H22N2OS2/c1-17(13-6-9-20-11-13)7-8-18-14-4-2-12(3-5-14)10-15(16)19/h2-5,13H,6-11H2,1H3,(H2,16,19). The van der Waals surface area contributed by atoms with Crippen molar-refractivity contribution in [2.45, 2.75) is 18.9 Å².